The number of tetrazole rings is 1. The summed E-state index contributed by atoms with van der Waals surface area (Å²) in [5, 5.41) is 13.6. The highest BCUT2D eigenvalue weighted by atomic mass is 32.2. The zero-order valence-electron chi connectivity index (χ0n) is 18.8. The topological polar surface area (TPSA) is 43.6 Å². The lowest BCUT2D eigenvalue weighted by molar-refractivity contribution is -0.802. The predicted octanol–water partition coefficient (Wildman–Crippen LogP) is 6.59. The fraction of sp³-hybridized carbons (Fsp3) is 0.708. The second kappa shape index (κ2) is 13.1. The van der Waals surface area contributed by atoms with Crippen LogP contribution in [0.15, 0.2) is 35.5 Å². The van der Waals surface area contributed by atoms with Gasteiger partial charge in [0.2, 0.25) is 0 Å². The molecule has 2 heterocycles. The molecule has 166 valence electrons. The number of hydrogen-bond acceptors (Lipinski definition) is 4. The number of unbranched alkanes of at least 4 members (excludes halogenated alkanes) is 9. The maximum absolute atomic E-state index is 4.38. The third kappa shape index (κ3) is 7.38. The summed E-state index contributed by atoms with van der Waals surface area (Å²) in [4.78, 5) is 0. The van der Waals surface area contributed by atoms with E-state index in [2.05, 4.69) is 34.6 Å². The fourth-order valence-corrected chi connectivity index (χ4v) is 5.78. The summed E-state index contributed by atoms with van der Waals surface area (Å²) in [6.07, 6.45) is 17.9. The van der Waals surface area contributed by atoms with Crippen molar-refractivity contribution in [1.29, 1.82) is 0 Å². The van der Waals surface area contributed by atoms with E-state index in [0.29, 0.717) is 0 Å². The van der Waals surface area contributed by atoms with Crippen LogP contribution >= 0.6 is 11.9 Å². The Bertz CT molecular complexity index is 697. The number of piperidine rings is 1. The summed E-state index contributed by atoms with van der Waals surface area (Å²) in [6, 6.07) is 10.3. The molecule has 0 amide bonds. The SMILES string of the molecule is CCCCCCCCCCCC[N+]1(Sc2nnnn2-c2ccccc2)CCCCC1. The van der Waals surface area contributed by atoms with Gasteiger partial charge in [-0.05, 0) is 54.7 Å². The van der Waals surface area contributed by atoms with E-state index in [1.807, 2.05) is 34.8 Å². The molecule has 1 aromatic heterocycles. The summed E-state index contributed by atoms with van der Waals surface area (Å²) < 4.78 is 2.99. The molecular weight excluding hydrogens is 390 g/mol. The molecule has 0 unspecified atom stereocenters. The van der Waals surface area contributed by atoms with Gasteiger partial charge < -0.3 is 0 Å². The quantitative estimate of drug-likeness (QED) is 0.193. The average molecular weight is 431 g/mol. The molecule has 1 aliphatic rings. The molecule has 3 rings (SSSR count). The average Bonchev–Trinajstić information content (AvgIpc) is 3.24. The van der Waals surface area contributed by atoms with Gasteiger partial charge in [-0.1, -0.05) is 81.6 Å². The number of quaternary nitrogens is 1. The van der Waals surface area contributed by atoms with Crippen molar-refractivity contribution < 1.29 is 3.89 Å². The number of likely N-dealkylation sites (tertiary alicyclic amines) is 1. The Kier molecular flexibility index (Phi) is 10.2. The van der Waals surface area contributed by atoms with Crippen LogP contribution in [0.4, 0.5) is 0 Å². The third-order valence-corrected chi connectivity index (χ3v) is 7.62. The molecular formula is C24H40N5S+. The lowest BCUT2D eigenvalue weighted by atomic mass is 10.1. The Morgan fingerprint density at radius 1 is 0.833 bits per heavy atom. The van der Waals surface area contributed by atoms with E-state index >= 15 is 0 Å². The van der Waals surface area contributed by atoms with Gasteiger partial charge in [0, 0.05) is 0 Å². The van der Waals surface area contributed by atoms with Crippen LogP contribution in [0, 0.1) is 0 Å². The second-order valence-electron chi connectivity index (χ2n) is 8.77. The highest BCUT2D eigenvalue weighted by molar-refractivity contribution is 7.93. The van der Waals surface area contributed by atoms with Crippen LogP contribution in [0.25, 0.3) is 5.69 Å². The van der Waals surface area contributed by atoms with E-state index in [1.165, 1.54) is 103 Å². The largest absolute Gasteiger partial charge is 0.272 e. The van der Waals surface area contributed by atoms with Crippen LogP contribution in [0.5, 0.6) is 0 Å². The lowest BCUT2D eigenvalue weighted by Gasteiger charge is -2.38. The summed E-state index contributed by atoms with van der Waals surface area (Å²) in [6.45, 7) is 6.01. The molecule has 0 saturated carbocycles. The van der Waals surface area contributed by atoms with Crippen molar-refractivity contribution in [2.75, 3.05) is 19.6 Å². The van der Waals surface area contributed by atoms with Gasteiger partial charge in [-0.2, -0.15) is 4.68 Å². The van der Waals surface area contributed by atoms with E-state index in [-0.39, 0.29) is 0 Å². The first-order valence-electron chi connectivity index (χ1n) is 12.2. The molecule has 0 spiro atoms. The predicted molar refractivity (Wildman–Crippen MR) is 126 cm³/mol. The van der Waals surface area contributed by atoms with Gasteiger partial charge in [-0.25, -0.2) is 0 Å². The Labute approximate surface area is 187 Å². The van der Waals surface area contributed by atoms with Crippen LogP contribution in [-0.4, -0.2) is 43.7 Å². The van der Waals surface area contributed by atoms with Crippen molar-refractivity contribution in [2.45, 2.75) is 95.6 Å². The lowest BCUT2D eigenvalue weighted by Crippen LogP contribution is -2.46. The standard InChI is InChI=1S/C24H40N5S/c1-2-3-4-5-6-7-8-9-10-15-20-29(21-16-12-17-22-29)30-24-25-26-27-28(24)23-18-13-11-14-19-23/h11,13-14,18-19H,2-10,12,15-17,20-22H2,1H3/q+1. The van der Waals surface area contributed by atoms with Gasteiger partial charge in [0.05, 0.1) is 25.3 Å². The van der Waals surface area contributed by atoms with Gasteiger partial charge in [-0.3, -0.25) is 3.89 Å². The molecule has 2 aromatic rings. The van der Waals surface area contributed by atoms with Crippen LogP contribution in [-0.2, 0) is 0 Å². The van der Waals surface area contributed by atoms with Crippen molar-refractivity contribution in [3.05, 3.63) is 30.3 Å². The van der Waals surface area contributed by atoms with Crippen LogP contribution < -0.4 is 0 Å². The molecule has 0 bridgehead atoms. The summed E-state index contributed by atoms with van der Waals surface area (Å²) in [5.41, 5.74) is 1.04. The second-order valence-corrected chi connectivity index (χ2v) is 10.1. The first-order chi connectivity index (χ1) is 14.8. The van der Waals surface area contributed by atoms with Gasteiger partial charge in [0.25, 0.3) is 5.16 Å². The highest BCUT2D eigenvalue weighted by Crippen LogP contribution is 2.35. The normalized spacial score (nSPS) is 16.0. The number of hydrogen-bond donors (Lipinski definition) is 0. The van der Waals surface area contributed by atoms with Crippen molar-refractivity contribution in [2.24, 2.45) is 0 Å². The minimum absolute atomic E-state index is 0.926. The molecule has 0 N–H and O–H groups in total. The Morgan fingerprint density at radius 2 is 1.47 bits per heavy atom. The first-order valence-corrected chi connectivity index (χ1v) is 13.0. The van der Waals surface area contributed by atoms with E-state index in [0.717, 1.165) is 14.7 Å². The first kappa shape index (κ1) is 23.3. The number of nitrogens with zero attached hydrogens (tertiary/aromatic N) is 5. The maximum atomic E-state index is 4.38. The van der Waals surface area contributed by atoms with E-state index in [9.17, 15) is 0 Å². The molecule has 1 aromatic carbocycles. The number of para-hydroxylation sites is 1. The summed E-state index contributed by atoms with van der Waals surface area (Å²) in [7, 11) is 0. The fourth-order valence-electron chi connectivity index (χ4n) is 4.48. The smallest absolute Gasteiger partial charge is 0.254 e. The van der Waals surface area contributed by atoms with E-state index in [1.54, 1.807) is 0 Å². The molecule has 1 fully saturated rings. The van der Waals surface area contributed by atoms with E-state index in [4.69, 9.17) is 0 Å². The molecule has 5 nitrogen and oxygen atoms in total. The molecule has 0 aliphatic carbocycles. The molecule has 0 radical (unpaired) electrons. The zero-order valence-corrected chi connectivity index (χ0v) is 19.7. The summed E-state index contributed by atoms with van der Waals surface area (Å²) >= 11 is 1.88. The van der Waals surface area contributed by atoms with Crippen molar-refractivity contribution in [3.63, 3.8) is 0 Å². The minimum atomic E-state index is 0.926. The molecule has 30 heavy (non-hydrogen) atoms. The van der Waals surface area contributed by atoms with Gasteiger partial charge >= 0.3 is 0 Å². The molecule has 1 saturated heterocycles. The summed E-state index contributed by atoms with van der Waals surface area (Å²) in [5.74, 6) is 0. The Hall–Kier alpha value is -1.40. The van der Waals surface area contributed by atoms with Gasteiger partial charge in [0.1, 0.15) is 0 Å². The maximum Gasteiger partial charge on any atom is 0.272 e. The molecule has 6 heteroatoms. The number of aromatic nitrogens is 4. The highest BCUT2D eigenvalue weighted by Gasteiger charge is 2.34. The Morgan fingerprint density at radius 3 is 2.13 bits per heavy atom. The van der Waals surface area contributed by atoms with Gasteiger partial charge in [-0.15, -0.1) is 0 Å². The molecule has 1 aliphatic heterocycles. The van der Waals surface area contributed by atoms with Gasteiger partial charge in [0.15, 0.2) is 11.9 Å². The van der Waals surface area contributed by atoms with E-state index < -0.39 is 0 Å². The van der Waals surface area contributed by atoms with Crippen molar-refractivity contribution in [3.8, 4) is 5.69 Å². The van der Waals surface area contributed by atoms with Crippen LogP contribution in [0.1, 0.15) is 90.4 Å². The third-order valence-electron chi connectivity index (χ3n) is 6.27. The van der Waals surface area contributed by atoms with Crippen LogP contribution in [0.2, 0.25) is 0 Å². The molecule has 0 atom stereocenters. The van der Waals surface area contributed by atoms with Crippen molar-refractivity contribution >= 4 is 11.9 Å². The number of rotatable bonds is 14. The zero-order chi connectivity index (χ0) is 20.9. The Balaban J connectivity index is 1.46. The minimum Gasteiger partial charge on any atom is -0.254 e. The monoisotopic (exact) mass is 430 g/mol. The van der Waals surface area contributed by atoms with Crippen molar-refractivity contribution in [1.82, 2.24) is 20.2 Å². The van der Waals surface area contributed by atoms with Crippen LogP contribution in [0.3, 0.4) is 0 Å². The number of benzene rings is 1.